The molecule has 6 nitrogen and oxygen atoms in total. The average molecular weight is 394 g/mol. The summed E-state index contributed by atoms with van der Waals surface area (Å²) >= 11 is 0. The van der Waals surface area contributed by atoms with Gasteiger partial charge in [-0.25, -0.2) is 0 Å². The van der Waals surface area contributed by atoms with Gasteiger partial charge >= 0.3 is 0 Å². The topological polar surface area (TPSA) is 55.7 Å². The number of carbonyl (C=O) groups excluding carboxylic acids is 1. The van der Waals surface area contributed by atoms with E-state index < -0.39 is 0 Å². The fourth-order valence-corrected chi connectivity index (χ4v) is 4.34. The Hall–Kier alpha value is -2.86. The number of carbonyl (C=O) groups is 1. The SMILES string of the molecule is Cc1cc(-n2c(C)cc(C(=O)C[NH+]3CCN(c4ccccc4C)CC3)c2C)no1. The monoisotopic (exact) mass is 393 g/mol. The van der Waals surface area contributed by atoms with Crippen molar-refractivity contribution in [1.82, 2.24) is 9.72 Å². The van der Waals surface area contributed by atoms with E-state index in [-0.39, 0.29) is 5.78 Å². The molecule has 2 aromatic heterocycles. The van der Waals surface area contributed by atoms with Crippen LogP contribution in [0.15, 0.2) is 40.9 Å². The lowest BCUT2D eigenvalue weighted by molar-refractivity contribution is -0.892. The minimum atomic E-state index is 0.198. The number of Topliss-reactive ketones (excluding diaryl/α,β-unsaturated/α-hetero) is 1. The molecule has 0 unspecified atom stereocenters. The van der Waals surface area contributed by atoms with Gasteiger partial charge in [0.1, 0.15) is 12.3 Å². The van der Waals surface area contributed by atoms with E-state index in [1.165, 1.54) is 16.2 Å². The van der Waals surface area contributed by atoms with Crippen molar-refractivity contribution >= 4 is 11.5 Å². The highest BCUT2D eigenvalue weighted by Gasteiger charge is 2.26. The molecule has 1 aromatic carbocycles. The fraction of sp³-hybridized carbons (Fsp3) is 0.391. The Morgan fingerprint density at radius 1 is 1.10 bits per heavy atom. The molecule has 0 saturated carbocycles. The number of hydrogen-bond acceptors (Lipinski definition) is 4. The Labute approximate surface area is 171 Å². The maximum Gasteiger partial charge on any atom is 0.218 e. The number of hydrogen-bond donors (Lipinski definition) is 1. The number of quaternary nitrogens is 1. The van der Waals surface area contributed by atoms with Crippen LogP contribution < -0.4 is 9.80 Å². The van der Waals surface area contributed by atoms with Gasteiger partial charge in [-0.2, -0.15) is 0 Å². The first-order valence-electron chi connectivity index (χ1n) is 10.2. The molecule has 0 radical (unpaired) electrons. The van der Waals surface area contributed by atoms with Gasteiger partial charge in [-0.1, -0.05) is 23.4 Å². The summed E-state index contributed by atoms with van der Waals surface area (Å²) in [5.74, 6) is 1.69. The lowest BCUT2D eigenvalue weighted by Crippen LogP contribution is -3.15. The molecule has 152 valence electrons. The number of piperazine rings is 1. The van der Waals surface area contributed by atoms with E-state index >= 15 is 0 Å². The van der Waals surface area contributed by atoms with E-state index in [1.54, 1.807) is 0 Å². The molecule has 0 spiro atoms. The van der Waals surface area contributed by atoms with Crippen LogP contribution in [0, 0.1) is 27.7 Å². The summed E-state index contributed by atoms with van der Waals surface area (Å²) in [7, 11) is 0. The summed E-state index contributed by atoms with van der Waals surface area (Å²) in [5.41, 5.74) is 5.33. The van der Waals surface area contributed by atoms with Crippen molar-refractivity contribution in [2.24, 2.45) is 0 Å². The predicted octanol–water partition coefficient (Wildman–Crippen LogP) is 2.29. The third kappa shape index (κ3) is 3.85. The van der Waals surface area contributed by atoms with Crippen LogP contribution in [0.5, 0.6) is 0 Å². The smallest absolute Gasteiger partial charge is 0.218 e. The van der Waals surface area contributed by atoms with Crippen LogP contribution in [-0.4, -0.2) is 48.2 Å². The molecule has 1 fully saturated rings. The molecule has 1 N–H and O–H groups in total. The highest BCUT2D eigenvalue weighted by molar-refractivity contribution is 5.98. The number of para-hydroxylation sites is 1. The highest BCUT2D eigenvalue weighted by atomic mass is 16.5. The largest absolute Gasteiger partial charge is 0.360 e. The average Bonchev–Trinajstić information content (AvgIpc) is 3.25. The van der Waals surface area contributed by atoms with Crippen LogP contribution in [0.25, 0.3) is 5.82 Å². The number of benzene rings is 1. The van der Waals surface area contributed by atoms with Crippen LogP contribution >= 0.6 is 0 Å². The number of nitrogens with one attached hydrogen (secondary N) is 1. The molecule has 0 atom stereocenters. The summed E-state index contributed by atoms with van der Waals surface area (Å²) < 4.78 is 7.21. The Kier molecular flexibility index (Phi) is 5.28. The Morgan fingerprint density at radius 2 is 1.83 bits per heavy atom. The van der Waals surface area contributed by atoms with Crippen molar-refractivity contribution in [2.45, 2.75) is 27.7 Å². The second-order valence-electron chi connectivity index (χ2n) is 8.04. The van der Waals surface area contributed by atoms with Crippen molar-refractivity contribution in [3.05, 3.63) is 64.7 Å². The molecule has 1 aliphatic heterocycles. The fourth-order valence-electron chi connectivity index (χ4n) is 4.34. The second kappa shape index (κ2) is 7.87. The second-order valence-corrected chi connectivity index (χ2v) is 8.04. The van der Waals surface area contributed by atoms with Gasteiger partial charge in [0.15, 0.2) is 5.82 Å². The lowest BCUT2D eigenvalue weighted by atomic mass is 10.1. The van der Waals surface area contributed by atoms with Gasteiger partial charge in [-0.05, 0) is 45.4 Å². The zero-order valence-corrected chi connectivity index (χ0v) is 17.7. The van der Waals surface area contributed by atoms with Crippen molar-refractivity contribution in [2.75, 3.05) is 37.6 Å². The molecule has 0 amide bonds. The van der Waals surface area contributed by atoms with E-state index in [0.717, 1.165) is 54.7 Å². The summed E-state index contributed by atoms with van der Waals surface area (Å²) in [6.07, 6.45) is 0. The van der Waals surface area contributed by atoms with E-state index in [2.05, 4.69) is 41.2 Å². The van der Waals surface area contributed by atoms with Crippen molar-refractivity contribution in [3.8, 4) is 5.82 Å². The van der Waals surface area contributed by atoms with Crippen LogP contribution in [-0.2, 0) is 0 Å². The first-order chi connectivity index (χ1) is 13.9. The normalized spacial score (nSPS) is 15.1. The first kappa shape index (κ1) is 19.5. The minimum Gasteiger partial charge on any atom is -0.360 e. The zero-order chi connectivity index (χ0) is 20.5. The first-order valence-corrected chi connectivity index (χ1v) is 10.2. The molecule has 4 rings (SSSR count). The van der Waals surface area contributed by atoms with Crippen LogP contribution in [0.4, 0.5) is 5.69 Å². The quantitative estimate of drug-likeness (QED) is 0.676. The van der Waals surface area contributed by atoms with Gasteiger partial charge in [0.25, 0.3) is 0 Å². The van der Waals surface area contributed by atoms with Gasteiger partial charge in [0.05, 0.1) is 26.2 Å². The predicted molar refractivity (Wildman–Crippen MR) is 113 cm³/mol. The number of anilines is 1. The van der Waals surface area contributed by atoms with Gasteiger partial charge in [-0.15, -0.1) is 0 Å². The molecule has 1 saturated heterocycles. The van der Waals surface area contributed by atoms with Crippen molar-refractivity contribution < 1.29 is 14.2 Å². The van der Waals surface area contributed by atoms with E-state index in [0.29, 0.717) is 6.54 Å². The molecular formula is C23H29N4O2+. The number of aryl methyl sites for hydroxylation is 3. The molecule has 3 aromatic rings. The van der Waals surface area contributed by atoms with Crippen LogP contribution in [0.3, 0.4) is 0 Å². The standard InChI is InChI=1S/C23H28N4O2/c1-16-7-5-6-8-21(16)26-11-9-25(10-12-26)15-22(28)20-13-17(2)27(19(20)4)23-14-18(3)29-24-23/h5-8,13-14H,9-12,15H2,1-4H3/p+1. The summed E-state index contributed by atoms with van der Waals surface area (Å²) in [5, 5.41) is 4.11. The summed E-state index contributed by atoms with van der Waals surface area (Å²) in [4.78, 5) is 16.8. The molecule has 1 aliphatic rings. The van der Waals surface area contributed by atoms with E-state index in [9.17, 15) is 4.79 Å². The molecule has 3 heterocycles. The van der Waals surface area contributed by atoms with Crippen LogP contribution in [0.1, 0.15) is 33.1 Å². The third-order valence-electron chi connectivity index (χ3n) is 5.91. The summed E-state index contributed by atoms with van der Waals surface area (Å²) in [6, 6.07) is 12.4. The molecule has 0 bridgehead atoms. The summed E-state index contributed by atoms with van der Waals surface area (Å²) in [6.45, 7) is 12.4. The maximum absolute atomic E-state index is 13.0. The van der Waals surface area contributed by atoms with Gasteiger partial charge in [0.2, 0.25) is 5.78 Å². The van der Waals surface area contributed by atoms with Gasteiger partial charge in [-0.3, -0.25) is 9.36 Å². The maximum atomic E-state index is 13.0. The number of rotatable bonds is 5. The number of ketones is 1. The molecule has 0 aliphatic carbocycles. The minimum absolute atomic E-state index is 0.198. The zero-order valence-electron chi connectivity index (χ0n) is 17.7. The molecule has 29 heavy (non-hydrogen) atoms. The number of aromatic nitrogens is 2. The van der Waals surface area contributed by atoms with Crippen LogP contribution in [0.2, 0.25) is 0 Å². The molecular weight excluding hydrogens is 364 g/mol. The Bertz CT molecular complexity index is 1030. The lowest BCUT2D eigenvalue weighted by Gasteiger charge is -2.34. The van der Waals surface area contributed by atoms with Crippen molar-refractivity contribution in [3.63, 3.8) is 0 Å². The molecule has 6 heteroatoms. The van der Waals surface area contributed by atoms with Crippen molar-refractivity contribution in [1.29, 1.82) is 0 Å². The van der Waals surface area contributed by atoms with E-state index in [1.807, 2.05) is 37.5 Å². The van der Waals surface area contributed by atoms with Gasteiger partial charge < -0.3 is 14.3 Å². The highest BCUT2D eigenvalue weighted by Crippen LogP contribution is 2.21. The third-order valence-corrected chi connectivity index (χ3v) is 5.91. The Balaban J connectivity index is 1.43. The Morgan fingerprint density at radius 3 is 2.48 bits per heavy atom. The van der Waals surface area contributed by atoms with E-state index in [4.69, 9.17) is 4.52 Å². The van der Waals surface area contributed by atoms with Gasteiger partial charge in [0, 0.05) is 28.7 Å². The number of nitrogens with zero attached hydrogens (tertiary/aromatic N) is 3.